The lowest BCUT2D eigenvalue weighted by Gasteiger charge is -2.39. The number of aliphatic imine (C=N–C) groups is 1. The number of methoxy groups -OCH3 is 2. The number of amidine groups is 1. The first-order chi connectivity index (χ1) is 22.8. The summed E-state index contributed by atoms with van der Waals surface area (Å²) in [6.45, 7) is 6.67. The summed E-state index contributed by atoms with van der Waals surface area (Å²) in [5, 5.41) is 3.19. The van der Waals surface area contributed by atoms with Gasteiger partial charge >= 0.3 is 6.03 Å². The Bertz CT molecular complexity index is 1500. The van der Waals surface area contributed by atoms with E-state index < -0.39 is 12.1 Å². The van der Waals surface area contributed by atoms with Crippen molar-refractivity contribution in [1.82, 2.24) is 19.6 Å². The van der Waals surface area contributed by atoms with Crippen LogP contribution in [0.1, 0.15) is 35.0 Å². The quantitative estimate of drug-likeness (QED) is 0.222. The number of nitrogens with zero attached hydrogens (tertiary/aromatic N) is 5. The van der Waals surface area contributed by atoms with E-state index in [1.165, 1.54) is 11.3 Å². The molecule has 0 saturated carbocycles. The van der Waals surface area contributed by atoms with E-state index >= 15 is 0 Å². The van der Waals surface area contributed by atoms with E-state index in [-0.39, 0.29) is 18.5 Å². The second-order valence-corrected chi connectivity index (χ2v) is 13.1. The maximum atomic E-state index is 14.7. The molecule has 3 amide bonds. The van der Waals surface area contributed by atoms with Crippen LogP contribution >= 0.6 is 34.5 Å². The van der Waals surface area contributed by atoms with Crippen molar-refractivity contribution >= 4 is 52.3 Å². The van der Waals surface area contributed by atoms with Crippen molar-refractivity contribution in [3.63, 3.8) is 0 Å². The molecule has 0 radical (unpaired) electrons. The maximum absolute atomic E-state index is 14.7. The number of thiophene rings is 1. The topological polar surface area (TPSA) is 87.2 Å². The number of carbonyl (C=O) groups is 2. The summed E-state index contributed by atoms with van der Waals surface area (Å²) in [7, 11) is 3.24. The molecule has 0 aliphatic carbocycles. The Labute approximate surface area is 290 Å². The number of benzene rings is 2. The Morgan fingerprint density at radius 1 is 0.894 bits per heavy atom. The van der Waals surface area contributed by atoms with Crippen molar-refractivity contribution in [2.45, 2.75) is 19.0 Å². The van der Waals surface area contributed by atoms with E-state index in [9.17, 15) is 9.59 Å². The molecule has 0 N–H and O–H groups in total. The summed E-state index contributed by atoms with van der Waals surface area (Å²) in [6.07, 6.45) is 0. The standard InChI is InChI=1S/C34H41Cl2N5O5S/c1-4-46-28-13-22-47-32(28)33-37-30(24-5-9-26(35)10-6-24)31(25-7-11-27(36)12-8-25)41(33)34(43)40-16-14-38(15-17-40)23-29(42)39(18-20-44-2)19-21-45-3/h5-13,22,30-31H,4,14-21,23H2,1-3H3. The van der Waals surface area contributed by atoms with E-state index in [4.69, 9.17) is 42.4 Å². The zero-order chi connectivity index (χ0) is 33.3. The van der Waals surface area contributed by atoms with Gasteiger partial charge in [-0.05, 0) is 53.8 Å². The zero-order valence-electron chi connectivity index (χ0n) is 26.9. The number of piperazine rings is 1. The number of ether oxygens (including phenoxy) is 3. The number of halogens is 2. The molecule has 3 heterocycles. The van der Waals surface area contributed by atoms with Crippen LogP contribution in [0, 0.1) is 0 Å². The van der Waals surface area contributed by atoms with Crippen molar-refractivity contribution in [1.29, 1.82) is 0 Å². The summed E-state index contributed by atoms with van der Waals surface area (Å²) in [5.74, 6) is 1.27. The number of rotatable bonds is 13. The van der Waals surface area contributed by atoms with Gasteiger partial charge < -0.3 is 24.0 Å². The molecule has 1 saturated heterocycles. The molecule has 5 rings (SSSR count). The van der Waals surface area contributed by atoms with E-state index in [1.54, 1.807) is 19.1 Å². The molecule has 47 heavy (non-hydrogen) atoms. The number of carbonyl (C=O) groups excluding carboxylic acids is 2. The Hall–Kier alpha value is -3.19. The Kier molecular flexibility index (Phi) is 12.5. The number of hydrogen-bond acceptors (Lipinski definition) is 8. The van der Waals surface area contributed by atoms with Crippen LogP contribution in [-0.2, 0) is 14.3 Å². The highest BCUT2D eigenvalue weighted by molar-refractivity contribution is 7.12. The van der Waals surface area contributed by atoms with Gasteiger partial charge in [-0.15, -0.1) is 11.3 Å². The predicted octanol–water partition coefficient (Wildman–Crippen LogP) is 5.86. The average Bonchev–Trinajstić information content (AvgIpc) is 3.70. The minimum Gasteiger partial charge on any atom is -0.492 e. The van der Waals surface area contributed by atoms with Gasteiger partial charge in [0.25, 0.3) is 0 Å². The van der Waals surface area contributed by atoms with Gasteiger partial charge in [-0.3, -0.25) is 19.6 Å². The number of urea groups is 1. The van der Waals surface area contributed by atoms with Gasteiger partial charge in [0.05, 0.1) is 32.4 Å². The first-order valence-electron chi connectivity index (χ1n) is 15.7. The second kappa shape index (κ2) is 16.8. The molecule has 3 aromatic rings. The molecule has 1 fully saturated rings. The summed E-state index contributed by atoms with van der Waals surface area (Å²) >= 11 is 14.1. The molecule has 252 valence electrons. The first-order valence-corrected chi connectivity index (χ1v) is 17.3. The third-order valence-electron chi connectivity index (χ3n) is 8.31. The van der Waals surface area contributed by atoms with E-state index in [0.717, 1.165) is 16.0 Å². The lowest BCUT2D eigenvalue weighted by Crippen LogP contribution is -2.55. The lowest BCUT2D eigenvalue weighted by atomic mass is 9.94. The van der Waals surface area contributed by atoms with Crippen LogP contribution in [0.25, 0.3) is 0 Å². The largest absolute Gasteiger partial charge is 0.492 e. The van der Waals surface area contributed by atoms with Crippen LogP contribution in [0.4, 0.5) is 4.79 Å². The fraction of sp³-hybridized carbons (Fsp3) is 0.441. The lowest BCUT2D eigenvalue weighted by molar-refractivity contribution is -0.134. The average molecular weight is 703 g/mol. The number of hydrogen-bond donors (Lipinski definition) is 0. The van der Waals surface area contributed by atoms with Crippen LogP contribution in [0.15, 0.2) is 65.0 Å². The van der Waals surface area contributed by atoms with Gasteiger partial charge in [-0.25, -0.2) is 4.79 Å². The van der Waals surface area contributed by atoms with Crippen LogP contribution in [-0.4, -0.2) is 117 Å². The predicted molar refractivity (Wildman–Crippen MR) is 186 cm³/mol. The van der Waals surface area contributed by atoms with Gasteiger partial charge in [0, 0.05) is 63.5 Å². The maximum Gasteiger partial charge on any atom is 0.326 e. The highest BCUT2D eigenvalue weighted by Gasteiger charge is 2.45. The Morgan fingerprint density at radius 2 is 1.49 bits per heavy atom. The molecule has 2 atom stereocenters. The summed E-state index contributed by atoms with van der Waals surface area (Å²) in [4.78, 5) is 41.4. The van der Waals surface area contributed by atoms with Gasteiger partial charge in [0.2, 0.25) is 5.91 Å². The molecule has 2 unspecified atom stereocenters. The van der Waals surface area contributed by atoms with Crippen molar-refractivity contribution in [2.24, 2.45) is 4.99 Å². The molecule has 10 nitrogen and oxygen atoms in total. The minimum absolute atomic E-state index is 0.0163. The SMILES string of the molecule is CCOc1ccsc1C1=NC(c2ccc(Cl)cc2)C(c2ccc(Cl)cc2)N1C(=O)N1CCN(CC(=O)N(CCOC)CCOC)CC1. The van der Waals surface area contributed by atoms with Crippen LogP contribution < -0.4 is 4.74 Å². The third-order valence-corrected chi connectivity index (χ3v) is 9.71. The van der Waals surface area contributed by atoms with Gasteiger partial charge in [-0.1, -0.05) is 47.5 Å². The summed E-state index contributed by atoms with van der Waals surface area (Å²) in [5.41, 5.74) is 1.85. The highest BCUT2D eigenvalue weighted by Crippen LogP contribution is 2.46. The van der Waals surface area contributed by atoms with Crippen LogP contribution in [0.5, 0.6) is 5.75 Å². The number of amides is 3. The van der Waals surface area contributed by atoms with Crippen molar-refractivity contribution in [3.05, 3.63) is 86.0 Å². The molecule has 2 aromatic carbocycles. The smallest absolute Gasteiger partial charge is 0.326 e. The van der Waals surface area contributed by atoms with Gasteiger partial charge in [0.15, 0.2) is 5.84 Å². The molecule has 0 spiro atoms. The zero-order valence-corrected chi connectivity index (χ0v) is 29.3. The van der Waals surface area contributed by atoms with E-state index in [1.807, 2.05) is 76.7 Å². The third kappa shape index (κ3) is 8.46. The highest BCUT2D eigenvalue weighted by atomic mass is 35.5. The molecule has 2 aliphatic heterocycles. The monoisotopic (exact) mass is 701 g/mol. The van der Waals surface area contributed by atoms with Crippen LogP contribution in [0.2, 0.25) is 10.0 Å². The normalized spacial score (nSPS) is 18.4. The molecule has 2 aliphatic rings. The Balaban J connectivity index is 1.42. The van der Waals surface area contributed by atoms with Gasteiger partial charge in [-0.2, -0.15) is 0 Å². The van der Waals surface area contributed by atoms with Crippen molar-refractivity contribution < 1.29 is 23.8 Å². The molecule has 0 bridgehead atoms. The summed E-state index contributed by atoms with van der Waals surface area (Å²) < 4.78 is 16.4. The first kappa shape index (κ1) is 35.1. The second-order valence-electron chi connectivity index (χ2n) is 11.3. The minimum atomic E-state index is -0.442. The molecular weight excluding hydrogens is 661 g/mol. The van der Waals surface area contributed by atoms with Crippen molar-refractivity contribution in [2.75, 3.05) is 79.9 Å². The fourth-order valence-corrected chi connectivity index (χ4v) is 6.94. The molecule has 1 aromatic heterocycles. The van der Waals surface area contributed by atoms with E-state index in [0.29, 0.717) is 80.7 Å². The van der Waals surface area contributed by atoms with Crippen molar-refractivity contribution in [3.8, 4) is 5.75 Å². The van der Waals surface area contributed by atoms with Gasteiger partial charge in [0.1, 0.15) is 16.7 Å². The molecular formula is C34H41Cl2N5O5S. The Morgan fingerprint density at radius 3 is 2.06 bits per heavy atom. The van der Waals surface area contributed by atoms with Crippen LogP contribution in [0.3, 0.4) is 0 Å². The fourth-order valence-electron chi connectivity index (χ4n) is 5.86. The van der Waals surface area contributed by atoms with E-state index in [2.05, 4.69) is 4.90 Å². The summed E-state index contributed by atoms with van der Waals surface area (Å²) in [6, 6.07) is 16.1. The molecule has 13 heteroatoms.